The number of phenols is 1. The van der Waals surface area contributed by atoms with Gasteiger partial charge in [-0.1, -0.05) is 0 Å². The normalized spacial score (nSPS) is 12.1. The minimum Gasteiger partial charge on any atom is -0.507 e. The number of nitrogens with zero attached hydrogens (tertiary/aromatic N) is 1. The van der Waals surface area contributed by atoms with Crippen molar-refractivity contribution in [2.24, 2.45) is 0 Å². The predicted octanol–water partition coefficient (Wildman–Crippen LogP) is 0.901. The number of hydrogen-bond acceptors (Lipinski definition) is 4. The van der Waals surface area contributed by atoms with Gasteiger partial charge in [-0.15, -0.1) is 0 Å². The smallest absolute Gasteiger partial charge is 0.184 e. The summed E-state index contributed by atoms with van der Waals surface area (Å²) < 4.78 is 4.60. The summed E-state index contributed by atoms with van der Waals surface area (Å²) in [5.41, 5.74) is 0.561. The number of hydrogen-bond donors (Lipinski definition) is 2. The summed E-state index contributed by atoms with van der Waals surface area (Å²) in [6.45, 7) is 0. The van der Waals surface area contributed by atoms with Crippen LogP contribution >= 0.6 is 0 Å². The van der Waals surface area contributed by atoms with Gasteiger partial charge in [-0.3, -0.25) is 0 Å². The van der Waals surface area contributed by atoms with E-state index >= 15 is 0 Å². The van der Waals surface area contributed by atoms with Gasteiger partial charge in [0.25, 0.3) is 0 Å². The molecule has 13 heavy (non-hydrogen) atoms. The first-order chi connectivity index (χ1) is 6.19. The van der Waals surface area contributed by atoms with Gasteiger partial charge in [0.2, 0.25) is 0 Å². The molecule has 0 aliphatic rings. The Kier molecular flexibility index (Phi) is 2.85. The summed E-state index contributed by atoms with van der Waals surface area (Å²) in [4.78, 5) is 0. The van der Waals surface area contributed by atoms with E-state index < -0.39 is 6.29 Å². The average Bonchev–Trinajstić information content (AvgIpc) is 2.17. The average molecular weight is 179 g/mol. The van der Waals surface area contributed by atoms with Crippen LogP contribution in [0.3, 0.4) is 0 Å². The lowest BCUT2D eigenvalue weighted by molar-refractivity contribution is -0.0780. The van der Waals surface area contributed by atoms with Crippen molar-refractivity contribution in [3.05, 3.63) is 29.3 Å². The van der Waals surface area contributed by atoms with Crippen LogP contribution in [0.1, 0.15) is 17.4 Å². The SMILES string of the molecule is COC(O)c1cc(C#N)ccc1O. The Morgan fingerprint density at radius 2 is 2.23 bits per heavy atom. The Morgan fingerprint density at radius 1 is 1.54 bits per heavy atom. The highest BCUT2D eigenvalue weighted by Gasteiger charge is 2.11. The zero-order valence-electron chi connectivity index (χ0n) is 7.06. The number of phenolic OH excluding ortho intramolecular Hbond substituents is 1. The first kappa shape index (κ1) is 9.52. The molecule has 4 nitrogen and oxygen atoms in total. The molecule has 1 atom stereocenters. The predicted molar refractivity (Wildman–Crippen MR) is 44.8 cm³/mol. The molecule has 0 amide bonds. The molecule has 2 N–H and O–H groups in total. The van der Waals surface area contributed by atoms with E-state index in [0.29, 0.717) is 5.56 Å². The fourth-order valence-electron chi connectivity index (χ4n) is 0.949. The molecule has 0 saturated carbocycles. The fraction of sp³-hybridized carbons (Fsp3) is 0.222. The number of rotatable bonds is 2. The summed E-state index contributed by atoms with van der Waals surface area (Å²) >= 11 is 0. The van der Waals surface area contributed by atoms with E-state index in [-0.39, 0.29) is 11.3 Å². The Hall–Kier alpha value is -1.57. The molecule has 0 fully saturated rings. The van der Waals surface area contributed by atoms with Crippen LogP contribution in [0.25, 0.3) is 0 Å². The molecular formula is C9H9NO3. The van der Waals surface area contributed by atoms with Crippen LogP contribution in [0.15, 0.2) is 18.2 Å². The zero-order valence-corrected chi connectivity index (χ0v) is 7.06. The standard InChI is InChI=1S/C9H9NO3/c1-13-9(12)7-4-6(5-10)2-3-8(7)11/h2-4,9,11-12H,1H3. The van der Waals surface area contributed by atoms with E-state index in [1.165, 1.54) is 25.3 Å². The second-order valence-electron chi connectivity index (χ2n) is 2.47. The third-order valence-electron chi connectivity index (χ3n) is 1.65. The summed E-state index contributed by atoms with van der Waals surface area (Å²) in [7, 11) is 1.31. The number of benzene rings is 1. The van der Waals surface area contributed by atoms with Crippen molar-refractivity contribution in [1.82, 2.24) is 0 Å². The minimum absolute atomic E-state index is 0.0895. The maximum Gasteiger partial charge on any atom is 0.184 e. The number of ether oxygens (including phenoxy) is 1. The number of aliphatic hydroxyl groups excluding tert-OH is 1. The maximum atomic E-state index is 9.28. The van der Waals surface area contributed by atoms with Crippen molar-refractivity contribution < 1.29 is 14.9 Å². The van der Waals surface area contributed by atoms with Crippen LogP contribution in [0.5, 0.6) is 5.75 Å². The molecule has 1 unspecified atom stereocenters. The molecule has 4 heteroatoms. The first-order valence-electron chi connectivity index (χ1n) is 3.63. The van der Waals surface area contributed by atoms with Crippen LogP contribution in [-0.2, 0) is 4.74 Å². The van der Waals surface area contributed by atoms with E-state index in [2.05, 4.69) is 4.74 Å². The zero-order chi connectivity index (χ0) is 9.84. The van der Waals surface area contributed by atoms with Gasteiger partial charge >= 0.3 is 0 Å². The quantitative estimate of drug-likeness (QED) is 0.661. The topological polar surface area (TPSA) is 73.5 Å². The molecule has 68 valence electrons. The van der Waals surface area contributed by atoms with Crippen molar-refractivity contribution in [1.29, 1.82) is 5.26 Å². The number of aromatic hydroxyl groups is 1. The van der Waals surface area contributed by atoms with Gasteiger partial charge in [0, 0.05) is 7.11 Å². The summed E-state index contributed by atoms with van der Waals surface area (Å²) in [5, 5.41) is 27.1. The fourth-order valence-corrected chi connectivity index (χ4v) is 0.949. The first-order valence-corrected chi connectivity index (χ1v) is 3.63. The van der Waals surface area contributed by atoms with Gasteiger partial charge in [-0.05, 0) is 18.2 Å². The van der Waals surface area contributed by atoms with E-state index in [1.807, 2.05) is 6.07 Å². The van der Waals surface area contributed by atoms with Gasteiger partial charge in [-0.2, -0.15) is 5.26 Å². The highest BCUT2D eigenvalue weighted by atomic mass is 16.6. The Labute approximate surface area is 75.6 Å². The lowest BCUT2D eigenvalue weighted by Gasteiger charge is -2.10. The van der Waals surface area contributed by atoms with Crippen LogP contribution < -0.4 is 0 Å². The summed E-state index contributed by atoms with van der Waals surface area (Å²) in [6.07, 6.45) is -1.20. The molecule has 1 aromatic carbocycles. The van der Waals surface area contributed by atoms with Crippen LogP contribution in [0, 0.1) is 11.3 Å². The van der Waals surface area contributed by atoms with Crippen LogP contribution in [0.2, 0.25) is 0 Å². The monoisotopic (exact) mass is 179 g/mol. The third kappa shape index (κ3) is 1.96. The van der Waals surface area contributed by atoms with Gasteiger partial charge < -0.3 is 14.9 Å². The molecule has 0 aliphatic carbocycles. The largest absolute Gasteiger partial charge is 0.507 e. The molecular weight excluding hydrogens is 170 g/mol. The second-order valence-corrected chi connectivity index (χ2v) is 2.47. The van der Waals surface area contributed by atoms with Crippen molar-refractivity contribution in [2.45, 2.75) is 6.29 Å². The molecule has 0 bridgehead atoms. The number of aliphatic hydroxyl groups is 1. The molecule has 0 spiro atoms. The molecule has 1 aromatic rings. The van der Waals surface area contributed by atoms with E-state index in [0.717, 1.165) is 0 Å². The highest BCUT2D eigenvalue weighted by molar-refractivity contribution is 5.41. The number of nitriles is 1. The minimum atomic E-state index is -1.20. The molecule has 0 aromatic heterocycles. The van der Waals surface area contributed by atoms with E-state index in [4.69, 9.17) is 5.26 Å². The number of methoxy groups -OCH3 is 1. The Morgan fingerprint density at radius 3 is 2.77 bits per heavy atom. The van der Waals surface area contributed by atoms with Crippen molar-refractivity contribution >= 4 is 0 Å². The lowest BCUT2D eigenvalue weighted by atomic mass is 10.1. The van der Waals surface area contributed by atoms with Crippen LogP contribution in [0.4, 0.5) is 0 Å². The summed E-state index contributed by atoms with van der Waals surface area (Å²) in [5.74, 6) is -0.0895. The van der Waals surface area contributed by atoms with Crippen molar-refractivity contribution in [3.8, 4) is 11.8 Å². The van der Waals surface area contributed by atoms with Gasteiger partial charge in [-0.25, -0.2) is 0 Å². The van der Waals surface area contributed by atoms with E-state index in [9.17, 15) is 10.2 Å². The van der Waals surface area contributed by atoms with Gasteiger partial charge in [0.1, 0.15) is 5.75 Å². The lowest BCUT2D eigenvalue weighted by Crippen LogP contribution is -2.00. The Balaban J connectivity index is 3.12. The van der Waals surface area contributed by atoms with Gasteiger partial charge in [0.15, 0.2) is 6.29 Å². The molecule has 1 rings (SSSR count). The van der Waals surface area contributed by atoms with Crippen molar-refractivity contribution in [2.75, 3.05) is 7.11 Å². The Bertz CT molecular complexity index is 343. The maximum absolute atomic E-state index is 9.28. The molecule has 0 aliphatic heterocycles. The molecule has 0 heterocycles. The van der Waals surface area contributed by atoms with Crippen LogP contribution in [-0.4, -0.2) is 17.3 Å². The molecule has 0 saturated heterocycles. The molecule has 0 radical (unpaired) electrons. The summed E-state index contributed by atoms with van der Waals surface area (Å²) in [6, 6.07) is 6.08. The van der Waals surface area contributed by atoms with Gasteiger partial charge in [0.05, 0.1) is 17.2 Å². The van der Waals surface area contributed by atoms with E-state index in [1.54, 1.807) is 0 Å². The third-order valence-corrected chi connectivity index (χ3v) is 1.65. The highest BCUT2D eigenvalue weighted by Crippen LogP contribution is 2.25. The second kappa shape index (κ2) is 3.90. The van der Waals surface area contributed by atoms with Crippen molar-refractivity contribution in [3.63, 3.8) is 0 Å².